The molecule has 0 aromatic rings. The van der Waals surface area contributed by atoms with Crippen LogP contribution in [0.4, 0.5) is 4.79 Å². The Labute approximate surface area is 98.4 Å². The topological polar surface area (TPSA) is 52.6 Å². The number of rotatable bonds is 1. The Kier molecular flexibility index (Phi) is 3.78. The summed E-state index contributed by atoms with van der Waals surface area (Å²) in [6.45, 7) is 6.99. The van der Waals surface area contributed by atoms with Crippen LogP contribution in [0.15, 0.2) is 10.6 Å². The van der Waals surface area contributed by atoms with Crippen molar-refractivity contribution in [1.82, 2.24) is 10.4 Å². The maximum absolute atomic E-state index is 10.7. The first kappa shape index (κ1) is 12.5. The third-order valence-electron chi connectivity index (χ3n) is 2.34. The molecule has 0 aliphatic carbocycles. The minimum atomic E-state index is -1.01. The Morgan fingerprint density at radius 3 is 2.73 bits per heavy atom. The average molecular weight is 277 g/mol. The fourth-order valence-corrected chi connectivity index (χ4v) is 3.02. The number of hydrogen-bond donors (Lipinski definition) is 2. The lowest BCUT2D eigenvalue weighted by Crippen LogP contribution is -2.54. The van der Waals surface area contributed by atoms with Gasteiger partial charge in [-0.1, -0.05) is 42.8 Å². The molecule has 1 aliphatic rings. The van der Waals surface area contributed by atoms with Crippen LogP contribution in [0.1, 0.15) is 27.2 Å². The number of carboxylic acid groups (broad SMARTS) is 1. The maximum atomic E-state index is 10.7. The Morgan fingerprint density at radius 1 is 1.67 bits per heavy atom. The predicted octanol–water partition coefficient (Wildman–Crippen LogP) is 2.57. The van der Waals surface area contributed by atoms with Gasteiger partial charge in [-0.3, -0.25) is 5.43 Å². The SMILES string of the molecule is CC(C)(C)C1C(Br)=CCCN1NC(=O)O. The van der Waals surface area contributed by atoms with Crippen LogP contribution in [0.5, 0.6) is 0 Å². The molecule has 5 heteroatoms. The van der Waals surface area contributed by atoms with Gasteiger partial charge in [-0.2, -0.15) is 0 Å². The van der Waals surface area contributed by atoms with Gasteiger partial charge in [0.1, 0.15) is 0 Å². The molecule has 0 fully saturated rings. The van der Waals surface area contributed by atoms with Gasteiger partial charge in [-0.25, -0.2) is 9.80 Å². The van der Waals surface area contributed by atoms with E-state index in [2.05, 4.69) is 48.2 Å². The number of hydrazine groups is 1. The Bertz CT molecular complexity index is 284. The van der Waals surface area contributed by atoms with Gasteiger partial charge in [0.2, 0.25) is 0 Å². The van der Waals surface area contributed by atoms with E-state index in [1.807, 2.05) is 0 Å². The summed E-state index contributed by atoms with van der Waals surface area (Å²) in [5.74, 6) is 0. The predicted molar refractivity (Wildman–Crippen MR) is 62.7 cm³/mol. The summed E-state index contributed by atoms with van der Waals surface area (Å²) >= 11 is 3.51. The molecule has 0 bridgehead atoms. The summed E-state index contributed by atoms with van der Waals surface area (Å²) < 4.78 is 1.05. The lowest BCUT2D eigenvalue weighted by Gasteiger charge is -2.41. The second-order valence-electron chi connectivity index (χ2n) is 4.76. The molecule has 1 amide bonds. The van der Waals surface area contributed by atoms with Crippen LogP contribution >= 0.6 is 15.9 Å². The van der Waals surface area contributed by atoms with Gasteiger partial charge in [-0.15, -0.1) is 0 Å². The molecule has 86 valence electrons. The molecule has 1 heterocycles. The van der Waals surface area contributed by atoms with E-state index in [4.69, 9.17) is 5.11 Å². The lowest BCUT2D eigenvalue weighted by atomic mass is 9.84. The molecule has 4 nitrogen and oxygen atoms in total. The number of carbonyl (C=O) groups is 1. The van der Waals surface area contributed by atoms with Crippen LogP contribution in [-0.4, -0.2) is 28.8 Å². The van der Waals surface area contributed by atoms with Crippen molar-refractivity contribution in [3.05, 3.63) is 10.6 Å². The third-order valence-corrected chi connectivity index (χ3v) is 3.10. The maximum Gasteiger partial charge on any atom is 0.419 e. The Balaban J connectivity index is 2.87. The molecule has 0 saturated carbocycles. The average Bonchev–Trinajstić information content (AvgIpc) is 1.99. The van der Waals surface area contributed by atoms with Gasteiger partial charge < -0.3 is 5.11 Å². The zero-order valence-electron chi connectivity index (χ0n) is 9.25. The first-order chi connectivity index (χ1) is 6.82. The monoisotopic (exact) mass is 276 g/mol. The van der Waals surface area contributed by atoms with E-state index in [0.29, 0.717) is 6.54 Å². The van der Waals surface area contributed by atoms with E-state index < -0.39 is 6.09 Å². The van der Waals surface area contributed by atoms with Crippen molar-refractivity contribution in [2.75, 3.05) is 6.54 Å². The fourth-order valence-electron chi connectivity index (χ4n) is 1.86. The van der Waals surface area contributed by atoms with Gasteiger partial charge in [0, 0.05) is 11.0 Å². The highest BCUT2D eigenvalue weighted by molar-refractivity contribution is 9.11. The summed E-state index contributed by atoms with van der Waals surface area (Å²) in [5.41, 5.74) is 2.43. The van der Waals surface area contributed by atoms with Crippen molar-refractivity contribution in [2.45, 2.75) is 33.2 Å². The Morgan fingerprint density at radius 2 is 2.27 bits per heavy atom. The molecular weight excluding hydrogens is 260 g/mol. The second-order valence-corrected chi connectivity index (χ2v) is 5.67. The molecule has 2 N–H and O–H groups in total. The van der Waals surface area contributed by atoms with E-state index in [-0.39, 0.29) is 11.5 Å². The van der Waals surface area contributed by atoms with E-state index in [0.717, 1.165) is 10.9 Å². The van der Waals surface area contributed by atoms with Gasteiger partial charge in [-0.05, 0) is 11.8 Å². The van der Waals surface area contributed by atoms with E-state index >= 15 is 0 Å². The normalized spacial score (nSPS) is 23.5. The van der Waals surface area contributed by atoms with Crippen molar-refractivity contribution in [2.24, 2.45) is 5.41 Å². The van der Waals surface area contributed by atoms with Crippen molar-refractivity contribution in [3.8, 4) is 0 Å². The highest BCUT2D eigenvalue weighted by Crippen LogP contribution is 2.34. The molecule has 1 atom stereocenters. The summed E-state index contributed by atoms with van der Waals surface area (Å²) in [4.78, 5) is 10.7. The van der Waals surface area contributed by atoms with Gasteiger partial charge >= 0.3 is 6.09 Å². The first-order valence-electron chi connectivity index (χ1n) is 4.94. The van der Waals surface area contributed by atoms with E-state index in [1.54, 1.807) is 5.01 Å². The number of hydrogen-bond acceptors (Lipinski definition) is 2. The van der Waals surface area contributed by atoms with Crippen LogP contribution in [0.25, 0.3) is 0 Å². The van der Waals surface area contributed by atoms with Crippen molar-refractivity contribution in [1.29, 1.82) is 0 Å². The highest BCUT2D eigenvalue weighted by atomic mass is 79.9. The molecule has 0 radical (unpaired) electrons. The second kappa shape index (κ2) is 4.53. The number of amides is 1. The van der Waals surface area contributed by atoms with Crippen molar-refractivity contribution < 1.29 is 9.90 Å². The molecular formula is C10H17BrN2O2. The number of halogens is 1. The van der Waals surface area contributed by atoms with Crippen LogP contribution < -0.4 is 5.43 Å². The molecule has 15 heavy (non-hydrogen) atoms. The standard InChI is InChI=1S/C10H17BrN2O2/c1-10(2,3)8-7(11)5-4-6-13(8)12-9(14)15/h5,8,12H,4,6H2,1-3H3,(H,14,15). The third kappa shape index (κ3) is 3.21. The minimum Gasteiger partial charge on any atom is -0.464 e. The molecule has 0 saturated heterocycles. The summed E-state index contributed by atoms with van der Waals surface area (Å²) in [6.07, 6.45) is 1.95. The number of nitrogens with zero attached hydrogens (tertiary/aromatic N) is 1. The van der Waals surface area contributed by atoms with Gasteiger partial charge in [0.15, 0.2) is 0 Å². The molecule has 1 aliphatic heterocycles. The number of nitrogens with one attached hydrogen (secondary N) is 1. The fraction of sp³-hybridized carbons (Fsp3) is 0.700. The minimum absolute atomic E-state index is 0.0157. The smallest absolute Gasteiger partial charge is 0.419 e. The molecule has 0 spiro atoms. The van der Waals surface area contributed by atoms with Crippen molar-refractivity contribution >= 4 is 22.0 Å². The first-order valence-corrected chi connectivity index (χ1v) is 5.73. The zero-order valence-corrected chi connectivity index (χ0v) is 10.8. The van der Waals surface area contributed by atoms with Crippen LogP contribution in [0.2, 0.25) is 0 Å². The summed E-state index contributed by atoms with van der Waals surface area (Å²) in [5, 5.41) is 10.5. The van der Waals surface area contributed by atoms with Gasteiger partial charge in [0.05, 0.1) is 6.04 Å². The highest BCUT2D eigenvalue weighted by Gasteiger charge is 2.35. The molecule has 0 aromatic carbocycles. The van der Waals surface area contributed by atoms with Crippen LogP contribution in [-0.2, 0) is 0 Å². The van der Waals surface area contributed by atoms with E-state index in [9.17, 15) is 4.79 Å². The zero-order chi connectivity index (χ0) is 11.6. The largest absolute Gasteiger partial charge is 0.464 e. The summed E-state index contributed by atoms with van der Waals surface area (Å²) in [6, 6.07) is 0.0577. The Hall–Kier alpha value is -0.550. The van der Waals surface area contributed by atoms with Gasteiger partial charge in [0.25, 0.3) is 0 Å². The molecule has 0 aromatic heterocycles. The van der Waals surface area contributed by atoms with Crippen LogP contribution in [0.3, 0.4) is 0 Å². The summed E-state index contributed by atoms with van der Waals surface area (Å²) in [7, 11) is 0. The molecule has 1 unspecified atom stereocenters. The quantitative estimate of drug-likeness (QED) is 0.774. The molecule has 1 rings (SSSR count). The van der Waals surface area contributed by atoms with Crippen LogP contribution in [0, 0.1) is 5.41 Å². The van der Waals surface area contributed by atoms with E-state index in [1.165, 1.54) is 0 Å². The lowest BCUT2D eigenvalue weighted by molar-refractivity contribution is 0.0697. The van der Waals surface area contributed by atoms with Crippen molar-refractivity contribution in [3.63, 3.8) is 0 Å².